The molecule has 0 aliphatic heterocycles. The molecule has 3 aromatic rings. The topological polar surface area (TPSA) is 60.5 Å². The van der Waals surface area contributed by atoms with E-state index < -0.39 is 23.8 Å². The lowest BCUT2D eigenvalue weighted by molar-refractivity contribution is -0.274. The molecule has 2 aromatic carbocycles. The standard InChI is InChI=1S/C19H11F4IN2O3/c20-17-14(24)7-8-15(16(17)18(27)26-11-2-1-9-25-10-11)28-12-3-5-13(6-4-12)29-19(21,22)23/h1-10H,(H,26,27). The van der Waals surface area contributed by atoms with Crippen LogP contribution in [0.4, 0.5) is 23.2 Å². The summed E-state index contributed by atoms with van der Waals surface area (Å²) in [5.41, 5.74) is 0.00624. The van der Waals surface area contributed by atoms with Crippen LogP contribution in [0.25, 0.3) is 0 Å². The summed E-state index contributed by atoms with van der Waals surface area (Å²) >= 11 is 1.73. The third-order valence-electron chi connectivity index (χ3n) is 3.49. The molecule has 0 atom stereocenters. The molecule has 0 aliphatic carbocycles. The minimum atomic E-state index is -4.82. The van der Waals surface area contributed by atoms with Crippen LogP contribution >= 0.6 is 22.6 Å². The van der Waals surface area contributed by atoms with Crippen molar-refractivity contribution in [1.82, 2.24) is 4.98 Å². The van der Waals surface area contributed by atoms with Crippen molar-refractivity contribution in [2.24, 2.45) is 0 Å². The highest BCUT2D eigenvalue weighted by molar-refractivity contribution is 14.1. The second-order valence-electron chi connectivity index (χ2n) is 5.55. The van der Waals surface area contributed by atoms with E-state index >= 15 is 0 Å². The summed E-state index contributed by atoms with van der Waals surface area (Å²) in [5, 5.41) is 2.52. The molecular weight excluding hydrogens is 507 g/mol. The fourth-order valence-electron chi connectivity index (χ4n) is 2.30. The number of hydrogen-bond donors (Lipinski definition) is 1. The molecule has 1 aromatic heterocycles. The van der Waals surface area contributed by atoms with E-state index in [-0.39, 0.29) is 20.6 Å². The molecule has 0 radical (unpaired) electrons. The smallest absolute Gasteiger partial charge is 0.456 e. The molecule has 10 heteroatoms. The number of alkyl halides is 3. The molecule has 1 heterocycles. The van der Waals surface area contributed by atoms with Gasteiger partial charge in [-0.25, -0.2) is 4.39 Å². The van der Waals surface area contributed by atoms with Gasteiger partial charge in [0.15, 0.2) is 5.82 Å². The summed E-state index contributed by atoms with van der Waals surface area (Å²) in [6.07, 6.45) is -1.91. The van der Waals surface area contributed by atoms with E-state index in [1.165, 1.54) is 36.7 Å². The SMILES string of the molecule is O=C(Nc1cccnc1)c1c(Oc2ccc(OC(F)(F)F)cc2)ccc(I)c1F. The molecular formula is C19H11F4IN2O3. The number of benzene rings is 2. The van der Waals surface area contributed by atoms with Crippen LogP contribution in [-0.4, -0.2) is 17.3 Å². The van der Waals surface area contributed by atoms with Crippen molar-refractivity contribution in [3.63, 3.8) is 0 Å². The van der Waals surface area contributed by atoms with Gasteiger partial charge < -0.3 is 14.8 Å². The molecule has 0 aliphatic rings. The van der Waals surface area contributed by atoms with Gasteiger partial charge >= 0.3 is 6.36 Å². The Labute approximate surface area is 175 Å². The van der Waals surface area contributed by atoms with Gasteiger partial charge in [0, 0.05) is 9.77 Å². The summed E-state index contributed by atoms with van der Waals surface area (Å²) in [7, 11) is 0. The number of ether oxygens (including phenoxy) is 2. The van der Waals surface area contributed by atoms with Gasteiger partial charge in [0.1, 0.15) is 22.8 Å². The molecule has 1 amide bonds. The van der Waals surface area contributed by atoms with E-state index in [1.807, 2.05) is 0 Å². The summed E-state index contributed by atoms with van der Waals surface area (Å²) in [6, 6.07) is 10.5. The number of anilines is 1. The number of rotatable bonds is 5. The Bertz CT molecular complexity index is 1010. The maximum atomic E-state index is 14.7. The van der Waals surface area contributed by atoms with E-state index in [0.29, 0.717) is 5.69 Å². The number of pyridine rings is 1. The number of aromatic nitrogens is 1. The van der Waals surface area contributed by atoms with Gasteiger partial charge in [-0.15, -0.1) is 13.2 Å². The Morgan fingerprint density at radius 2 is 1.72 bits per heavy atom. The predicted octanol–water partition coefficient (Wildman–Crippen LogP) is 5.77. The fraction of sp³-hybridized carbons (Fsp3) is 0.0526. The van der Waals surface area contributed by atoms with E-state index in [0.717, 1.165) is 12.1 Å². The summed E-state index contributed by atoms with van der Waals surface area (Å²) in [4.78, 5) is 16.5. The molecule has 0 saturated heterocycles. The molecule has 0 spiro atoms. The van der Waals surface area contributed by atoms with E-state index in [1.54, 1.807) is 34.7 Å². The lowest BCUT2D eigenvalue weighted by Gasteiger charge is -2.14. The second kappa shape index (κ2) is 8.64. The molecule has 1 N–H and O–H groups in total. The summed E-state index contributed by atoms with van der Waals surface area (Å²) in [5.74, 6) is -2.00. The van der Waals surface area contributed by atoms with Crippen molar-refractivity contribution in [1.29, 1.82) is 0 Å². The number of carbonyl (C=O) groups is 1. The van der Waals surface area contributed by atoms with Crippen molar-refractivity contribution in [3.8, 4) is 17.2 Å². The molecule has 0 fully saturated rings. The maximum Gasteiger partial charge on any atom is 0.573 e. The maximum absolute atomic E-state index is 14.7. The molecule has 29 heavy (non-hydrogen) atoms. The van der Waals surface area contributed by atoms with Crippen LogP contribution < -0.4 is 14.8 Å². The number of hydrogen-bond acceptors (Lipinski definition) is 4. The highest BCUT2D eigenvalue weighted by Gasteiger charge is 2.31. The first-order chi connectivity index (χ1) is 13.7. The number of nitrogens with one attached hydrogen (secondary N) is 1. The normalized spacial score (nSPS) is 11.1. The summed E-state index contributed by atoms with van der Waals surface area (Å²) in [6.45, 7) is 0. The largest absolute Gasteiger partial charge is 0.573 e. The Morgan fingerprint density at radius 1 is 1.03 bits per heavy atom. The molecule has 0 bridgehead atoms. The van der Waals surface area contributed by atoms with Crippen molar-refractivity contribution < 1.29 is 31.8 Å². The monoisotopic (exact) mass is 518 g/mol. The minimum absolute atomic E-state index is 0.0931. The molecule has 0 unspecified atom stereocenters. The molecule has 5 nitrogen and oxygen atoms in total. The van der Waals surface area contributed by atoms with E-state index in [2.05, 4.69) is 15.0 Å². The van der Waals surface area contributed by atoms with Crippen LogP contribution in [0, 0.1) is 9.39 Å². The summed E-state index contributed by atoms with van der Waals surface area (Å²) < 4.78 is 60.9. The Hall–Kier alpha value is -2.89. The predicted molar refractivity (Wildman–Crippen MR) is 105 cm³/mol. The quantitative estimate of drug-likeness (QED) is 0.345. The highest BCUT2D eigenvalue weighted by Crippen LogP contribution is 2.32. The average molecular weight is 518 g/mol. The average Bonchev–Trinajstić information content (AvgIpc) is 2.66. The molecule has 150 valence electrons. The van der Waals surface area contributed by atoms with Crippen molar-refractivity contribution in [3.05, 3.63) is 75.9 Å². The Morgan fingerprint density at radius 3 is 2.34 bits per heavy atom. The molecule has 0 saturated carbocycles. The van der Waals surface area contributed by atoms with Crippen LogP contribution in [-0.2, 0) is 0 Å². The van der Waals surface area contributed by atoms with E-state index in [4.69, 9.17) is 4.74 Å². The lowest BCUT2D eigenvalue weighted by Crippen LogP contribution is -2.17. The van der Waals surface area contributed by atoms with Gasteiger partial charge in [-0.05, 0) is 71.1 Å². The van der Waals surface area contributed by atoms with Crippen molar-refractivity contribution in [2.75, 3.05) is 5.32 Å². The fourth-order valence-corrected chi connectivity index (χ4v) is 2.75. The van der Waals surface area contributed by atoms with Crippen LogP contribution in [0.2, 0.25) is 0 Å². The Balaban J connectivity index is 1.86. The van der Waals surface area contributed by atoms with Gasteiger partial charge in [0.05, 0.1) is 11.9 Å². The third-order valence-corrected chi connectivity index (χ3v) is 4.32. The van der Waals surface area contributed by atoms with Gasteiger partial charge in [-0.2, -0.15) is 0 Å². The molecule has 3 rings (SSSR count). The van der Waals surface area contributed by atoms with Crippen molar-refractivity contribution in [2.45, 2.75) is 6.36 Å². The van der Waals surface area contributed by atoms with E-state index in [9.17, 15) is 22.4 Å². The lowest BCUT2D eigenvalue weighted by atomic mass is 10.1. The number of nitrogens with zero attached hydrogens (tertiary/aromatic N) is 1. The van der Waals surface area contributed by atoms with Gasteiger partial charge in [0.2, 0.25) is 0 Å². The zero-order valence-electron chi connectivity index (χ0n) is 14.3. The number of amides is 1. The first-order valence-corrected chi connectivity index (χ1v) is 9.04. The zero-order valence-corrected chi connectivity index (χ0v) is 16.5. The first kappa shape index (κ1) is 20.8. The first-order valence-electron chi connectivity index (χ1n) is 7.96. The van der Waals surface area contributed by atoms with Crippen LogP contribution in [0.3, 0.4) is 0 Å². The second-order valence-corrected chi connectivity index (χ2v) is 6.71. The van der Waals surface area contributed by atoms with Gasteiger partial charge in [0.25, 0.3) is 5.91 Å². The van der Waals surface area contributed by atoms with Gasteiger partial charge in [-0.1, -0.05) is 0 Å². The van der Waals surface area contributed by atoms with Crippen LogP contribution in [0.15, 0.2) is 60.9 Å². The van der Waals surface area contributed by atoms with Crippen molar-refractivity contribution >= 4 is 34.2 Å². The Kier molecular flexibility index (Phi) is 6.20. The third kappa shape index (κ3) is 5.56. The zero-order chi connectivity index (χ0) is 21.0. The number of halogens is 5. The van der Waals surface area contributed by atoms with Crippen LogP contribution in [0.1, 0.15) is 10.4 Å². The number of carbonyl (C=O) groups excluding carboxylic acids is 1. The highest BCUT2D eigenvalue weighted by atomic mass is 127. The minimum Gasteiger partial charge on any atom is -0.456 e. The van der Waals surface area contributed by atoms with Crippen LogP contribution in [0.5, 0.6) is 17.2 Å². The van der Waals surface area contributed by atoms with Gasteiger partial charge in [-0.3, -0.25) is 9.78 Å².